The smallest absolute Gasteiger partial charge is 0.236 e. The highest BCUT2D eigenvalue weighted by molar-refractivity contribution is 9.10. The van der Waals surface area contributed by atoms with Crippen LogP contribution in [0.2, 0.25) is 0 Å². The summed E-state index contributed by atoms with van der Waals surface area (Å²) in [7, 11) is 3.51. The molecule has 1 aromatic carbocycles. The zero-order valence-corrected chi connectivity index (χ0v) is 12.2. The molecule has 0 aliphatic carbocycles. The first-order valence-corrected chi connectivity index (χ1v) is 6.72. The second-order valence-corrected chi connectivity index (χ2v) is 5.46. The van der Waals surface area contributed by atoms with E-state index in [9.17, 15) is 4.79 Å². The van der Waals surface area contributed by atoms with Gasteiger partial charge in [-0.25, -0.2) is 0 Å². The molecule has 0 saturated heterocycles. The summed E-state index contributed by atoms with van der Waals surface area (Å²) in [4.78, 5) is 13.0. The molecule has 98 valence electrons. The van der Waals surface area contributed by atoms with Gasteiger partial charge in [-0.1, -0.05) is 15.9 Å². The van der Waals surface area contributed by atoms with Crippen LogP contribution in [0.1, 0.15) is 11.1 Å². The van der Waals surface area contributed by atoms with Crippen LogP contribution in [0.3, 0.4) is 0 Å². The Kier molecular flexibility index (Phi) is 4.24. The molecule has 1 aliphatic heterocycles. The molecular weight excluding hydrogens is 296 g/mol. The van der Waals surface area contributed by atoms with Crippen molar-refractivity contribution >= 4 is 21.8 Å². The second kappa shape index (κ2) is 5.71. The molecule has 0 radical (unpaired) electrons. The molecule has 4 nitrogen and oxygen atoms in total. The van der Waals surface area contributed by atoms with Crippen molar-refractivity contribution in [2.45, 2.75) is 13.0 Å². The van der Waals surface area contributed by atoms with E-state index in [1.165, 1.54) is 5.56 Å². The topological polar surface area (TPSA) is 41.6 Å². The first-order valence-electron chi connectivity index (χ1n) is 5.93. The molecule has 0 fully saturated rings. The van der Waals surface area contributed by atoms with Gasteiger partial charge in [0.25, 0.3) is 0 Å². The van der Waals surface area contributed by atoms with Crippen LogP contribution in [0.25, 0.3) is 0 Å². The lowest BCUT2D eigenvalue weighted by Crippen LogP contribution is -2.32. The highest BCUT2D eigenvalue weighted by Gasteiger charge is 2.17. The maximum Gasteiger partial charge on any atom is 0.236 e. The minimum absolute atomic E-state index is 0.0718. The van der Waals surface area contributed by atoms with Gasteiger partial charge in [-0.2, -0.15) is 0 Å². The number of carbonyl (C=O) groups excluding carboxylic acids is 1. The summed E-state index contributed by atoms with van der Waals surface area (Å²) in [5, 5.41) is 3.15. The predicted octanol–water partition coefficient (Wildman–Crippen LogP) is 1.56. The third-order valence-corrected chi connectivity index (χ3v) is 3.37. The number of nitrogens with one attached hydrogen (secondary N) is 1. The maximum absolute atomic E-state index is 11.5. The minimum Gasteiger partial charge on any atom is -0.493 e. The molecule has 5 heteroatoms. The number of hydrogen-bond acceptors (Lipinski definition) is 3. The van der Waals surface area contributed by atoms with E-state index in [4.69, 9.17) is 4.74 Å². The van der Waals surface area contributed by atoms with Crippen LogP contribution in [0.5, 0.6) is 5.75 Å². The van der Waals surface area contributed by atoms with Crippen LogP contribution in [0.4, 0.5) is 0 Å². The number of rotatable bonds is 4. The summed E-state index contributed by atoms with van der Waals surface area (Å²) in [5.41, 5.74) is 2.34. The number of likely N-dealkylation sites (N-methyl/N-ethyl adjacent to an activating group) is 1. The van der Waals surface area contributed by atoms with E-state index in [0.717, 1.165) is 28.8 Å². The lowest BCUT2D eigenvalue weighted by atomic mass is 10.1. The number of benzene rings is 1. The highest BCUT2D eigenvalue weighted by atomic mass is 79.9. The Morgan fingerprint density at radius 2 is 2.28 bits per heavy atom. The fraction of sp³-hybridized carbons (Fsp3) is 0.462. The number of carbonyl (C=O) groups is 1. The number of fused-ring (bicyclic) bond motifs is 1. The number of ether oxygens (including phenoxy) is 1. The molecule has 0 atom stereocenters. The molecule has 1 amide bonds. The minimum atomic E-state index is 0.0718. The lowest BCUT2D eigenvalue weighted by Gasteiger charge is -2.12. The van der Waals surface area contributed by atoms with Gasteiger partial charge in [0.15, 0.2) is 0 Å². The molecular formula is C13H17BrN2O2. The van der Waals surface area contributed by atoms with E-state index in [2.05, 4.69) is 27.3 Å². The number of nitrogens with zero attached hydrogens (tertiary/aromatic N) is 1. The zero-order chi connectivity index (χ0) is 13.1. The Balaban J connectivity index is 2.00. The highest BCUT2D eigenvalue weighted by Crippen LogP contribution is 2.32. The molecule has 1 N–H and O–H groups in total. The van der Waals surface area contributed by atoms with Gasteiger partial charge in [0, 0.05) is 37.1 Å². The summed E-state index contributed by atoms with van der Waals surface area (Å²) in [6.45, 7) is 1.73. The third-order valence-electron chi connectivity index (χ3n) is 2.92. The van der Waals surface area contributed by atoms with Crippen LogP contribution >= 0.6 is 15.9 Å². The fourth-order valence-electron chi connectivity index (χ4n) is 1.94. The van der Waals surface area contributed by atoms with E-state index in [1.807, 2.05) is 6.07 Å². The van der Waals surface area contributed by atoms with Crippen LogP contribution in [-0.4, -0.2) is 38.1 Å². The van der Waals surface area contributed by atoms with E-state index in [1.54, 1.807) is 19.0 Å². The van der Waals surface area contributed by atoms with E-state index < -0.39 is 0 Å². The van der Waals surface area contributed by atoms with Crippen LogP contribution in [0.15, 0.2) is 16.6 Å². The van der Waals surface area contributed by atoms with Crippen molar-refractivity contribution in [3.05, 3.63) is 27.7 Å². The average Bonchev–Trinajstić information content (AvgIpc) is 2.76. The quantitative estimate of drug-likeness (QED) is 0.917. The van der Waals surface area contributed by atoms with Gasteiger partial charge >= 0.3 is 0 Å². The molecule has 2 rings (SSSR count). The van der Waals surface area contributed by atoms with Crippen molar-refractivity contribution in [1.82, 2.24) is 10.2 Å². The SMILES string of the molecule is CN(C)C(=O)CNCc1cc(Br)cc2c1OCC2. The molecule has 18 heavy (non-hydrogen) atoms. The van der Waals surface area contributed by atoms with Crippen molar-refractivity contribution in [3.63, 3.8) is 0 Å². The van der Waals surface area contributed by atoms with Crippen molar-refractivity contribution in [1.29, 1.82) is 0 Å². The van der Waals surface area contributed by atoms with Gasteiger partial charge < -0.3 is 15.0 Å². The first-order chi connectivity index (χ1) is 8.58. The summed E-state index contributed by atoms with van der Waals surface area (Å²) >= 11 is 3.50. The largest absolute Gasteiger partial charge is 0.493 e. The Morgan fingerprint density at radius 1 is 1.50 bits per heavy atom. The predicted molar refractivity (Wildman–Crippen MR) is 73.7 cm³/mol. The van der Waals surface area contributed by atoms with Gasteiger partial charge in [0.2, 0.25) is 5.91 Å². The van der Waals surface area contributed by atoms with Crippen molar-refractivity contribution in [2.24, 2.45) is 0 Å². The monoisotopic (exact) mass is 312 g/mol. The normalized spacial score (nSPS) is 13.1. The molecule has 0 aromatic heterocycles. The zero-order valence-electron chi connectivity index (χ0n) is 10.6. The standard InChI is InChI=1S/C13H17BrN2O2/c1-16(2)12(17)8-15-7-10-6-11(14)5-9-3-4-18-13(9)10/h5-6,15H,3-4,7-8H2,1-2H3. The number of hydrogen-bond donors (Lipinski definition) is 1. The lowest BCUT2D eigenvalue weighted by molar-refractivity contribution is -0.127. The van der Waals surface area contributed by atoms with Crippen molar-refractivity contribution in [2.75, 3.05) is 27.2 Å². The van der Waals surface area contributed by atoms with Gasteiger partial charge in [0.1, 0.15) is 5.75 Å². The Labute approximate surface area is 115 Å². The molecule has 1 aromatic rings. The van der Waals surface area contributed by atoms with Gasteiger partial charge in [-0.15, -0.1) is 0 Å². The van der Waals surface area contributed by atoms with Crippen LogP contribution in [-0.2, 0) is 17.8 Å². The van der Waals surface area contributed by atoms with Gasteiger partial charge in [0.05, 0.1) is 13.2 Å². The molecule has 0 spiro atoms. The van der Waals surface area contributed by atoms with Crippen LogP contribution in [0, 0.1) is 0 Å². The van der Waals surface area contributed by atoms with Gasteiger partial charge in [-0.05, 0) is 17.7 Å². The maximum atomic E-state index is 11.5. The average molecular weight is 313 g/mol. The van der Waals surface area contributed by atoms with E-state index >= 15 is 0 Å². The first kappa shape index (κ1) is 13.4. The van der Waals surface area contributed by atoms with Crippen molar-refractivity contribution < 1.29 is 9.53 Å². The molecule has 1 aliphatic rings. The summed E-state index contributed by atoms with van der Waals surface area (Å²) in [6.07, 6.45) is 0.957. The number of amides is 1. The number of halogens is 1. The Morgan fingerprint density at radius 3 is 3.00 bits per heavy atom. The van der Waals surface area contributed by atoms with Crippen LogP contribution < -0.4 is 10.1 Å². The fourth-order valence-corrected chi connectivity index (χ4v) is 2.49. The Hall–Kier alpha value is -1.07. The molecule has 1 heterocycles. The summed E-state index contributed by atoms with van der Waals surface area (Å²) < 4.78 is 6.69. The molecule has 0 saturated carbocycles. The molecule has 0 unspecified atom stereocenters. The van der Waals surface area contributed by atoms with E-state index in [0.29, 0.717) is 13.1 Å². The summed E-state index contributed by atoms with van der Waals surface area (Å²) in [5.74, 6) is 1.05. The van der Waals surface area contributed by atoms with Crippen molar-refractivity contribution in [3.8, 4) is 5.75 Å². The third kappa shape index (κ3) is 3.03. The second-order valence-electron chi connectivity index (χ2n) is 4.54. The van der Waals surface area contributed by atoms with E-state index in [-0.39, 0.29) is 5.91 Å². The van der Waals surface area contributed by atoms with Gasteiger partial charge in [-0.3, -0.25) is 4.79 Å². The summed E-state index contributed by atoms with van der Waals surface area (Å²) in [6, 6.07) is 4.13. The Bertz CT molecular complexity index is 461. The molecule has 0 bridgehead atoms.